The Balaban J connectivity index is 1.07. The van der Waals surface area contributed by atoms with E-state index in [9.17, 15) is 0 Å². The molecule has 0 amide bonds. The highest BCUT2D eigenvalue weighted by atomic mass is 16.5. The Bertz CT molecular complexity index is 1100. The van der Waals surface area contributed by atoms with Crippen molar-refractivity contribution < 1.29 is 9.47 Å². The first-order chi connectivity index (χ1) is 20.8. The predicted octanol–water partition coefficient (Wildman–Crippen LogP) is 4.62. The van der Waals surface area contributed by atoms with Gasteiger partial charge in [-0.2, -0.15) is 0 Å². The van der Waals surface area contributed by atoms with Crippen LogP contribution in [0.4, 0.5) is 0 Å². The second kappa shape index (κ2) is 12.4. The molecule has 8 aliphatic rings. The number of ether oxygens (including phenoxy) is 2. The van der Waals surface area contributed by atoms with E-state index in [1.165, 1.54) is 62.5 Å². The molecule has 5 N–H and O–H groups in total. The highest BCUT2D eigenvalue weighted by Crippen LogP contribution is 2.41. The molecule has 3 saturated heterocycles. The molecular weight excluding hydrogens is 522 g/mol. The van der Waals surface area contributed by atoms with Crippen LogP contribution in [0.3, 0.4) is 0 Å². The third-order valence-corrected chi connectivity index (χ3v) is 11.4. The quantitative estimate of drug-likeness (QED) is 0.307. The summed E-state index contributed by atoms with van der Waals surface area (Å²) in [4.78, 5) is 0. The van der Waals surface area contributed by atoms with Crippen LogP contribution in [-0.4, -0.2) is 55.2 Å². The molecule has 5 aliphatic carbocycles. The molecule has 0 radical (unpaired) electrons. The van der Waals surface area contributed by atoms with E-state index in [2.05, 4.69) is 75.2 Å². The van der Waals surface area contributed by atoms with Gasteiger partial charge in [-0.25, -0.2) is 0 Å². The third kappa shape index (κ3) is 5.79. The summed E-state index contributed by atoms with van der Waals surface area (Å²) in [5, 5.41) is 19.9. The van der Waals surface area contributed by atoms with Gasteiger partial charge in [0.25, 0.3) is 0 Å². The lowest BCUT2D eigenvalue weighted by Crippen LogP contribution is -2.70. The van der Waals surface area contributed by atoms with Gasteiger partial charge < -0.3 is 9.47 Å². The van der Waals surface area contributed by atoms with Gasteiger partial charge in [0, 0.05) is 29.8 Å². The van der Waals surface area contributed by atoms with E-state index in [-0.39, 0.29) is 31.0 Å². The standard InChI is InChI=1S/C35H51N5O2/c1-3-11-22(12-4-1)31-38-32(23-13-5-2-6-14-23)40-33(39-31)24-19-25(34-36-27-15-7-9-17-29(27)41-34)21-26(20-24)35-37-28-16-8-10-18-30(28)42-35/h1-5,11,13,19,22,25-40H,6-10,12,14-18,20-21H2. The Morgan fingerprint density at radius 3 is 2.12 bits per heavy atom. The second-order valence-corrected chi connectivity index (χ2v) is 14.2. The summed E-state index contributed by atoms with van der Waals surface area (Å²) in [5.41, 5.74) is 2.94. The lowest BCUT2D eigenvalue weighted by Gasteiger charge is -2.45. The first kappa shape index (κ1) is 27.9. The van der Waals surface area contributed by atoms with Crippen molar-refractivity contribution in [1.82, 2.24) is 26.6 Å². The maximum Gasteiger partial charge on any atom is 0.115 e. The van der Waals surface area contributed by atoms with Crippen LogP contribution in [0.5, 0.6) is 0 Å². The fourth-order valence-corrected chi connectivity index (χ4v) is 9.11. The molecule has 7 heteroatoms. The molecule has 42 heavy (non-hydrogen) atoms. The number of fused-ring (bicyclic) bond motifs is 2. The molecule has 8 rings (SSSR count). The van der Waals surface area contributed by atoms with Gasteiger partial charge in [-0.05, 0) is 68.9 Å². The smallest absolute Gasteiger partial charge is 0.115 e. The summed E-state index contributed by atoms with van der Waals surface area (Å²) in [6.45, 7) is 0. The number of rotatable bonds is 5. The molecule has 0 bridgehead atoms. The fraction of sp³-hybridized carbons (Fsp3) is 0.714. The topological polar surface area (TPSA) is 78.6 Å². The van der Waals surface area contributed by atoms with Crippen LogP contribution in [0.2, 0.25) is 0 Å². The largest absolute Gasteiger partial charge is 0.358 e. The highest BCUT2D eigenvalue weighted by molar-refractivity contribution is 5.27. The fourth-order valence-electron chi connectivity index (χ4n) is 9.11. The molecule has 5 fully saturated rings. The molecule has 7 nitrogen and oxygen atoms in total. The van der Waals surface area contributed by atoms with Gasteiger partial charge in [0.1, 0.15) is 12.5 Å². The van der Waals surface area contributed by atoms with Crippen LogP contribution in [0, 0.1) is 17.8 Å². The minimum Gasteiger partial charge on any atom is -0.358 e. The van der Waals surface area contributed by atoms with Crippen LogP contribution in [-0.2, 0) is 9.47 Å². The van der Waals surface area contributed by atoms with E-state index in [0.29, 0.717) is 42.0 Å². The van der Waals surface area contributed by atoms with E-state index in [4.69, 9.17) is 9.47 Å². The molecule has 228 valence electrons. The molecule has 3 heterocycles. The molecule has 2 saturated carbocycles. The van der Waals surface area contributed by atoms with Crippen molar-refractivity contribution in [3.05, 3.63) is 59.8 Å². The number of nitrogens with one attached hydrogen (secondary N) is 5. The van der Waals surface area contributed by atoms with Crippen molar-refractivity contribution in [1.29, 1.82) is 0 Å². The molecule has 12 unspecified atom stereocenters. The van der Waals surface area contributed by atoms with Crippen molar-refractivity contribution in [2.45, 2.75) is 139 Å². The molecular formula is C35H51N5O2. The molecule has 3 aliphatic heterocycles. The van der Waals surface area contributed by atoms with Crippen LogP contribution >= 0.6 is 0 Å². The Morgan fingerprint density at radius 1 is 0.667 bits per heavy atom. The average Bonchev–Trinajstić information content (AvgIpc) is 3.70. The van der Waals surface area contributed by atoms with Gasteiger partial charge in [0.2, 0.25) is 0 Å². The van der Waals surface area contributed by atoms with Crippen LogP contribution in [0.1, 0.15) is 83.5 Å². The Hall–Kier alpha value is -1.58. The minimum atomic E-state index is 0.102. The van der Waals surface area contributed by atoms with Gasteiger partial charge in [-0.3, -0.25) is 26.6 Å². The summed E-state index contributed by atoms with van der Waals surface area (Å²) < 4.78 is 13.6. The summed E-state index contributed by atoms with van der Waals surface area (Å²) in [7, 11) is 0. The molecule has 0 aromatic heterocycles. The predicted molar refractivity (Wildman–Crippen MR) is 166 cm³/mol. The zero-order chi connectivity index (χ0) is 27.9. The van der Waals surface area contributed by atoms with E-state index < -0.39 is 0 Å². The van der Waals surface area contributed by atoms with Crippen LogP contribution in [0.15, 0.2) is 59.8 Å². The molecule has 12 atom stereocenters. The maximum absolute atomic E-state index is 6.79. The van der Waals surface area contributed by atoms with Crippen LogP contribution in [0.25, 0.3) is 0 Å². The minimum absolute atomic E-state index is 0.102. The summed E-state index contributed by atoms with van der Waals surface area (Å²) in [6, 6.07) is 1.05. The normalized spacial score (nSPS) is 47.0. The SMILES string of the molecule is C1=CCCC(C2NC(C3=CC(C4NC5CCCCC5O4)CC(C4NC5CCCCC5O4)C3)NC(C3C=CC=CC3)N2)=C1. The number of allylic oxidation sites excluding steroid dienone is 6. The monoisotopic (exact) mass is 573 g/mol. The van der Waals surface area contributed by atoms with E-state index in [1.54, 1.807) is 0 Å². The number of hydrogen-bond acceptors (Lipinski definition) is 7. The van der Waals surface area contributed by atoms with Crippen molar-refractivity contribution in [2.24, 2.45) is 17.8 Å². The van der Waals surface area contributed by atoms with Crippen molar-refractivity contribution in [3.8, 4) is 0 Å². The summed E-state index contributed by atoms with van der Waals surface area (Å²) in [6.07, 6.45) is 35.6. The van der Waals surface area contributed by atoms with Crippen molar-refractivity contribution >= 4 is 0 Å². The highest BCUT2D eigenvalue weighted by Gasteiger charge is 2.46. The van der Waals surface area contributed by atoms with Crippen LogP contribution < -0.4 is 26.6 Å². The second-order valence-electron chi connectivity index (χ2n) is 14.2. The lowest BCUT2D eigenvalue weighted by molar-refractivity contribution is -0.0330. The zero-order valence-corrected chi connectivity index (χ0v) is 25.1. The van der Waals surface area contributed by atoms with Crippen molar-refractivity contribution in [3.63, 3.8) is 0 Å². The van der Waals surface area contributed by atoms with E-state index in [1.807, 2.05) is 0 Å². The Kier molecular flexibility index (Phi) is 8.27. The first-order valence-corrected chi connectivity index (χ1v) is 17.3. The van der Waals surface area contributed by atoms with E-state index >= 15 is 0 Å². The van der Waals surface area contributed by atoms with E-state index in [0.717, 1.165) is 32.1 Å². The molecule has 0 spiro atoms. The average molecular weight is 574 g/mol. The van der Waals surface area contributed by atoms with Crippen molar-refractivity contribution in [2.75, 3.05) is 0 Å². The Morgan fingerprint density at radius 2 is 1.40 bits per heavy atom. The zero-order valence-electron chi connectivity index (χ0n) is 25.1. The molecule has 0 aromatic rings. The maximum atomic E-state index is 6.79. The van der Waals surface area contributed by atoms with Gasteiger partial charge in [0.05, 0.1) is 30.7 Å². The molecule has 0 aromatic carbocycles. The number of hydrogen-bond donors (Lipinski definition) is 5. The summed E-state index contributed by atoms with van der Waals surface area (Å²) in [5.74, 6) is 1.23. The first-order valence-electron chi connectivity index (χ1n) is 17.3. The summed E-state index contributed by atoms with van der Waals surface area (Å²) >= 11 is 0. The van der Waals surface area contributed by atoms with Gasteiger partial charge >= 0.3 is 0 Å². The third-order valence-electron chi connectivity index (χ3n) is 11.4. The Labute approximate surface area is 252 Å². The van der Waals surface area contributed by atoms with Gasteiger partial charge in [-0.15, -0.1) is 0 Å². The van der Waals surface area contributed by atoms with Gasteiger partial charge in [-0.1, -0.05) is 74.3 Å². The lowest BCUT2D eigenvalue weighted by atomic mass is 9.79. The van der Waals surface area contributed by atoms with Gasteiger partial charge in [0.15, 0.2) is 0 Å².